The zero-order valence-electron chi connectivity index (χ0n) is 17.3. The standard InChI is InChI=1S/C21H28N6O2S/c1-14-25-26-20(27(14)2)13-24-21(22-11-16-7-5-9-29-16)23-12-17(28)19-10-15-6-3-4-8-18(15)30-19/h3-4,6,8,10,16-17,28H,5,7,9,11-13H2,1-2H3,(H2,22,23,24). The molecule has 0 amide bonds. The van der Waals surface area contributed by atoms with Crippen LogP contribution in [0.4, 0.5) is 0 Å². The van der Waals surface area contributed by atoms with Crippen LogP contribution in [0.3, 0.4) is 0 Å². The highest BCUT2D eigenvalue weighted by atomic mass is 32.1. The van der Waals surface area contributed by atoms with Crippen molar-refractivity contribution in [2.45, 2.75) is 38.5 Å². The number of fused-ring (bicyclic) bond motifs is 1. The molecule has 8 nitrogen and oxygen atoms in total. The highest BCUT2D eigenvalue weighted by Gasteiger charge is 2.17. The van der Waals surface area contributed by atoms with E-state index in [1.807, 2.05) is 36.7 Å². The van der Waals surface area contributed by atoms with E-state index in [0.717, 1.165) is 41.4 Å². The maximum Gasteiger partial charge on any atom is 0.191 e. The van der Waals surface area contributed by atoms with Crippen LogP contribution in [0.15, 0.2) is 35.3 Å². The third-order valence-corrected chi connectivity index (χ3v) is 6.54. The Morgan fingerprint density at radius 2 is 2.23 bits per heavy atom. The smallest absolute Gasteiger partial charge is 0.191 e. The third kappa shape index (κ3) is 4.97. The van der Waals surface area contributed by atoms with Crippen LogP contribution in [-0.2, 0) is 18.3 Å². The van der Waals surface area contributed by atoms with E-state index in [4.69, 9.17) is 4.74 Å². The Hall–Kier alpha value is -2.49. The van der Waals surface area contributed by atoms with Gasteiger partial charge in [-0.1, -0.05) is 18.2 Å². The number of benzene rings is 1. The summed E-state index contributed by atoms with van der Waals surface area (Å²) in [6.45, 7) is 4.17. The molecule has 0 radical (unpaired) electrons. The van der Waals surface area contributed by atoms with Gasteiger partial charge in [-0.05, 0) is 37.3 Å². The van der Waals surface area contributed by atoms with Crippen molar-refractivity contribution in [3.63, 3.8) is 0 Å². The first-order valence-corrected chi connectivity index (χ1v) is 11.1. The van der Waals surface area contributed by atoms with Crippen molar-refractivity contribution in [1.82, 2.24) is 25.4 Å². The van der Waals surface area contributed by atoms with Gasteiger partial charge in [0.15, 0.2) is 11.8 Å². The van der Waals surface area contributed by atoms with Gasteiger partial charge in [0.05, 0.1) is 6.10 Å². The SMILES string of the molecule is Cc1nnc(CN=C(NCC2CCCO2)NCC(O)c2cc3ccccc3s2)n1C. The molecule has 160 valence electrons. The van der Waals surface area contributed by atoms with Crippen LogP contribution in [-0.4, -0.2) is 51.6 Å². The maximum absolute atomic E-state index is 10.7. The molecule has 0 spiro atoms. The predicted octanol–water partition coefficient (Wildman–Crippen LogP) is 2.29. The molecule has 1 fully saturated rings. The number of aliphatic hydroxyl groups is 1. The van der Waals surface area contributed by atoms with Crippen LogP contribution in [0.25, 0.3) is 10.1 Å². The van der Waals surface area contributed by atoms with Gasteiger partial charge >= 0.3 is 0 Å². The molecule has 0 saturated carbocycles. The molecule has 3 heterocycles. The summed E-state index contributed by atoms with van der Waals surface area (Å²) in [5.74, 6) is 2.27. The second-order valence-electron chi connectivity index (χ2n) is 7.49. The summed E-state index contributed by atoms with van der Waals surface area (Å²) in [4.78, 5) is 5.58. The average molecular weight is 429 g/mol. The average Bonchev–Trinajstić information content (AvgIpc) is 3.49. The van der Waals surface area contributed by atoms with E-state index in [-0.39, 0.29) is 6.10 Å². The number of aromatic nitrogens is 3. The summed E-state index contributed by atoms with van der Waals surface area (Å²) in [7, 11) is 1.93. The minimum Gasteiger partial charge on any atom is -0.386 e. The van der Waals surface area contributed by atoms with Crippen LogP contribution < -0.4 is 10.6 Å². The van der Waals surface area contributed by atoms with Crippen molar-refractivity contribution in [1.29, 1.82) is 0 Å². The molecule has 0 bridgehead atoms. The molecule has 1 aliphatic rings. The minimum atomic E-state index is -0.616. The van der Waals surface area contributed by atoms with E-state index in [1.165, 1.54) is 4.70 Å². The quantitative estimate of drug-likeness (QED) is 0.395. The second kappa shape index (κ2) is 9.55. The van der Waals surface area contributed by atoms with E-state index in [9.17, 15) is 5.11 Å². The van der Waals surface area contributed by atoms with Crippen LogP contribution in [0, 0.1) is 6.92 Å². The fourth-order valence-corrected chi connectivity index (χ4v) is 4.44. The second-order valence-corrected chi connectivity index (χ2v) is 8.60. The number of aryl methyl sites for hydroxylation is 1. The van der Waals surface area contributed by atoms with Crippen LogP contribution in [0.5, 0.6) is 0 Å². The van der Waals surface area contributed by atoms with Gasteiger partial charge in [0, 0.05) is 36.3 Å². The summed E-state index contributed by atoms with van der Waals surface area (Å²) >= 11 is 1.61. The number of ether oxygens (including phenoxy) is 1. The molecule has 4 rings (SSSR count). The molecule has 0 aliphatic carbocycles. The Balaban J connectivity index is 1.41. The van der Waals surface area contributed by atoms with Crippen molar-refractivity contribution in [3.8, 4) is 0 Å². The first kappa shape index (κ1) is 20.8. The molecule has 2 atom stereocenters. The van der Waals surface area contributed by atoms with Crippen LogP contribution in [0.1, 0.15) is 35.5 Å². The lowest BCUT2D eigenvalue weighted by Gasteiger charge is -2.17. The lowest BCUT2D eigenvalue weighted by Crippen LogP contribution is -2.42. The lowest BCUT2D eigenvalue weighted by atomic mass is 10.2. The van der Waals surface area contributed by atoms with Gasteiger partial charge in [0.25, 0.3) is 0 Å². The Morgan fingerprint density at radius 1 is 1.37 bits per heavy atom. The van der Waals surface area contributed by atoms with Gasteiger partial charge in [-0.25, -0.2) is 4.99 Å². The van der Waals surface area contributed by atoms with Crippen molar-refractivity contribution in [2.75, 3.05) is 19.7 Å². The van der Waals surface area contributed by atoms with Crippen molar-refractivity contribution in [2.24, 2.45) is 12.0 Å². The van der Waals surface area contributed by atoms with E-state index in [0.29, 0.717) is 25.6 Å². The highest BCUT2D eigenvalue weighted by Crippen LogP contribution is 2.29. The van der Waals surface area contributed by atoms with Crippen molar-refractivity contribution in [3.05, 3.63) is 46.9 Å². The molecule has 3 aromatic rings. The molecule has 1 aromatic carbocycles. The number of nitrogens with one attached hydrogen (secondary N) is 2. The number of nitrogens with zero attached hydrogens (tertiary/aromatic N) is 4. The van der Waals surface area contributed by atoms with E-state index < -0.39 is 6.10 Å². The molecule has 3 N–H and O–H groups in total. The van der Waals surface area contributed by atoms with Gasteiger partial charge in [0.2, 0.25) is 0 Å². The maximum atomic E-state index is 10.7. The molecule has 2 unspecified atom stereocenters. The topological polar surface area (TPSA) is 96.6 Å². The molecule has 1 saturated heterocycles. The summed E-state index contributed by atoms with van der Waals surface area (Å²) in [5.41, 5.74) is 0. The number of thiophene rings is 1. The number of hydrogen-bond acceptors (Lipinski definition) is 6. The first-order chi connectivity index (χ1) is 14.6. The fraction of sp³-hybridized carbons (Fsp3) is 0.476. The largest absolute Gasteiger partial charge is 0.386 e. The molecule has 9 heteroatoms. The van der Waals surface area contributed by atoms with Crippen LogP contribution >= 0.6 is 11.3 Å². The molecule has 2 aromatic heterocycles. The predicted molar refractivity (Wildman–Crippen MR) is 119 cm³/mol. The van der Waals surface area contributed by atoms with Crippen molar-refractivity contribution < 1.29 is 9.84 Å². The summed E-state index contributed by atoms with van der Waals surface area (Å²) in [6.07, 6.45) is 1.72. The molecule has 30 heavy (non-hydrogen) atoms. The van der Waals surface area contributed by atoms with E-state index in [2.05, 4.69) is 38.0 Å². The zero-order chi connectivity index (χ0) is 20.9. The van der Waals surface area contributed by atoms with Crippen molar-refractivity contribution >= 4 is 27.4 Å². The van der Waals surface area contributed by atoms with Gasteiger partial charge in [0.1, 0.15) is 18.5 Å². The molecule has 1 aliphatic heterocycles. The lowest BCUT2D eigenvalue weighted by molar-refractivity contribution is 0.113. The number of aliphatic imine (C=N–C) groups is 1. The third-order valence-electron chi connectivity index (χ3n) is 5.32. The Bertz CT molecular complexity index is 975. The molecular formula is C21H28N6O2S. The van der Waals surface area contributed by atoms with E-state index >= 15 is 0 Å². The first-order valence-electron chi connectivity index (χ1n) is 10.3. The number of hydrogen-bond donors (Lipinski definition) is 3. The summed E-state index contributed by atoms with van der Waals surface area (Å²) in [5, 5.41) is 26.7. The minimum absolute atomic E-state index is 0.196. The van der Waals surface area contributed by atoms with Gasteiger partial charge in [-0.2, -0.15) is 0 Å². The number of guanidine groups is 1. The fourth-order valence-electron chi connectivity index (χ4n) is 3.39. The zero-order valence-corrected chi connectivity index (χ0v) is 18.2. The highest BCUT2D eigenvalue weighted by molar-refractivity contribution is 7.19. The Morgan fingerprint density at radius 3 is 2.97 bits per heavy atom. The Labute approximate surface area is 180 Å². The Kier molecular flexibility index (Phi) is 6.61. The summed E-state index contributed by atoms with van der Waals surface area (Å²) in [6, 6.07) is 10.2. The van der Waals surface area contributed by atoms with Gasteiger partial charge < -0.3 is 25.0 Å². The number of rotatable bonds is 7. The van der Waals surface area contributed by atoms with Gasteiger partial charge in [-0.3, -0.25) is 0 Å². The number of aliphatic hydroxyl groups excluding tert-OH is 1. The van der Waals surface area contributed by atoms with Crippen LogP contribution in [0.2, 0.25) is 0 Å². The van der Waals surface area contributed by atoms with E-state index in [1.54, 1.807) is 11.3 Å². The monoisotopic (exact) mass is 428 g/mol. The van der Waals surface area contributed by atoms with Gasteiger partial charge in [-0.15, -0.1) is 21.5 Å². The normalized spacial score (nSPS) is 18.1. The molecular weight excluding hydrogens is 400 g/mol. The summed E-state index contributed by atoms with van der Waals surface area (Å²) < 4.78 is 8.80.